The highest BCUT2D eigenvalue weighted by molar-refractivity contribution is 5.95. The number of nitro groups is 1. The first-order valence-electron chi connectivity index (χ1n) is 7.94. The highest BCUT2D eigenvalue weighted by atomic mass is 16.6. The maximum Gasteiger partial charge on any atom is 0.294 e. The molecule has 1 aromatic heterocycles. The van der Waals surface area contributed by atoms with Gasteiger partial charge in [0.25, 0.3) is 11.6 Å². The van der Waals surface area contributed by atoms with Crippen LogP contribution in [0.15, 0.2) is 30.6 Å². The fourth-order valence-electron chi connectivity index (χ4n) is 2.74. The van der Waals surface area contributed by atoms with Crippen molar-refractivity contribution in [3.8, 4) is 5.69 Å². The molecule has 0 aliphatic heterocycles. The quantitative estimate of drug-likeness (QED) is 0.600. The minimum Gasteiger partial charge on any atom is -0.345 e. The molecule has 0 N–H and O–H groups in total. The second-order valence-electron chi connectivity index (χ2n) is 5.83. The maximum atomic E-state index is 12.1. The molecule has 0 atom stereocenters. The van der Waals surface area contributed by atoms with Crippen LogP contribution in [0.1, 0.15) is 48.8 Å². The number of imidazole rings is 1. The lowest BCUT2D eigenvalue weighted by atomic mass is 10.0. The molecule has 0 aliphatic rings. The summed E-state index contributed by atoms with van der Waals surface area (Å²) in [6.45, 7) is 4.14. The van der Waals surface area contributed by atoms with Gasteiger partial charge in [0, 0.05) is 44.0 Å². The van der Waals surface area contributed by atoms with E-state index in [1.54, 1.807) is 43.2 Å². The smallest absolute Gasteiger partial charge is 0.294 e. The van der Waals surface area contributed by atoms with Crippen molar-refractivity contribution in [2.75, 3.05) is 14.1 Å². The second-order valence-corrected chi connectivity index (χ2v) is 5.83. The first-order valence-corrected chi connectivity index (χ1v) is 7.94. The number of carbonyl (C=O) groups is 1. The van der Waals surface area contributed by atoms with Gasteiger partial charge in [0.1, 0.15) is 11.5 Å². The van der Waals surface area contributed by atoms with Gasteiger partial charge in [0.05, 0.1) is 4.92 Å². The van der Waals surface area contributed by atoms with Gasteiger partial charge in [-0.3, -0.25) is 19.5 Å². The van der Waals surface area contributed by atoms with Gasteiger partial charge in [-0.25, -0.2) is 4.98 Å². The van der Waals surface area contributed by atoms with Crippen LogP contribution in [-0.2, 0) is 0 Å². The molecule has 2 aromatic rings. The molecule has 24 heavy (non-hydrogen) atoms. The molecular formula is C17H22N4O3. The number of benzene rings is 1. The maximum absolute atomic E-state index is 12.1. The number of aromatic nitrogens is 2. The van der Waals surface area contributed by atoms with Crippen molar-refractivity contribution >= 4 is 11.6 Å². The van der Waals surface area contributed by atoms with Crippen molar-refractivity contribution < 1.29 is 9.72 Å². The molecule has 0 radical (unpaired) electrons. The number of carbonyl (C=O) groups excluding carboxylic acids is 1. The van der Waals surface area contributed by atoms with Crippen LogP contribution >= 0.6 is 0 Å². The van der Waals surface area contributed by atoms with Gasteiger partial charge in [0.15, 0.2) is 0 Å². The Bertz CT molecular complexity index is 748. The van der Waals surface area contributed by atoms with Crippen LogP contribution in [0.2, 0.25) is 0 Å². The third-order valence-electron chi connectivity index (χ3n) is 4.10. The van der Waals surface area contributed by atoms with E-state index in [0.29, 0.717) is 11.3 Å². The number of hydrogen-bond donors (Lipinski definition) is 0. The van der Waals surface area contributed by atoms with Gasteiger partial charge < -0.3 is 4.90 Å². The fourth-order valence-corrected chi connectivity index (χ4v) is 2.74. The molecule has 0 unspecified atom stereocenters. The molecule has 1 heterocycles. The van der Waals surface area contributed by atoms with Gasteiger partial charge in [-0.05, 0) is 25.0 Å². The van der Waals surface area contributed by atoms with E-state index >= 15 is 0 Å². The van der Waals surface area contributed by atoms with Crippen molar-refractivity contribution in [2.45, 2.75) is 32.6 Å². The Kier molecular flexibility index (Phi) is 5.33. The Morgan fingerprint density at radius 2 is 2.00 bits per heavy atom. The van der Waals surface area contributed by atoms with Gasteiger partial charge in [-0.2, -0.15) is 0 Å². The number of nitrogens with zero attached hydrogens (tertiary/aromatic N) is 4. The van der Waals surface area contributed by atoms with E-state index in [2.05, 4.69) is 18.8 Å². The SMILES string of the molecule is CCC(CC)c1nccn1-c1ccc(C(=O)N(C)C)cc1[N+](=O)[O-]. The standard InChI is InChI=1S/C17H22N4O3/c1-5-12(6-2)16-18-9-10-20(16)14-8-7-13(17(22)19(3)4)11-15(14)21(23)24/h7-12H,5-6H2,1-4H3. The van der Waals surface area contributed by atoms with Crippen LogP contribution < -0.4 is 0 Å². The van der Waals surface area contributed by atoms with Gasteiger partial charge in [0.2, 0.25) is 0 Å². The Balaban J connectivity index is 2.58. The number of nitro benzene ring substituents is 1. The zero-order valence-corrected chi connectivity index (χ0v) is 14.4. The first-order chi connectivity index (χ1) is 11.4. The number of amides is 1. The molecule has 0 fully saturated rings. The van der Waals surface area contributed by atoms with E-state index in [1.165, 1.54) is 11.0 Å². The van der Waals surface area contributed by atoms with E-state index in [0.717, 1.165) is 18.7 Å². The lowest BCUT2D eigenvalue weighted by Crippen LogP contribution is -2.21. The highest BCUT2D eigenvalue weighted by Crippen LogP contribution is 2.30. The van der Waals surface area contributed by atoms with E-state index < -0.39 is 4.92 Å². The van der Waals surface area contributed by atoms with Crippen molar-refractivity contribution in [3.63, 3.8) is 0 Å². The minimum absolute atomic E-state index is 0.104. The Morgan fingerprint density at radius 3 is 2.54 bits per heavy atom. The lowest BCUT2D eigenvalue weighted by molar-refractivity contribution is -0.384. The summed E-state index contributed by atoms with van der Waals surface area (Å²) in [6, 6.07) is 4.55. The molecular weight excluding hydrogens is 308 g/mol. The van der Waals surface area contributed by atoms with Crippen LogP contribution in [0, 0.1) is 10.1 Å². The topological polar surface area (TPSA) is 81.3 Å². The molecule has 7 heteroatoms. The first kappa shape index (κ1) is 17.7. The van der Waals surface area contributed by atoms with Crippen molar-refractivity contribution in [3.05, 3.63) is 52.1 Å². The van der Waals surface area contributed by atoms with Crippen LogP contribution in [-0.4, -0.2) is 39.4 Å². The minimum atomic E-state index is -0.460. The van der Waals surface area contributed by atoms with Gasteiger partial charge in [-0.15, -0.1) is 0 Å². The third kappa shape index (κ3) is 3.29. The molecule has 0 saturated carbocycles. The monoisotopic (exact) mass is 330 g/mol. The molecule has 0 aliphatic carbocycles. The molecule has 0 bridgehead atoms. The normalized spacial score (nSPS) is 10.9. The largest absolute Gasteiger partial charge is 0.345 e. The Hall–Kier alpha value is -2.70. The van der Waals surface area contributed by atoms with Gasteiger partial charge in [-0.1, -0.05) is 13.8 Å². The highest BCUT2D eigenvalue weighted by Gasteiger charge is 2.23. The van der Waals surface area contributed by atoms with Crippen LogP contribution in [0.25, 0.3) is 5.69 Å². The summed E-state index contributed by atoms with van der Waals surface area (Å²) in [5.41, 5.74) is 0.613. The summed E-state index contributed by atoms with van der Waals surface area (Å²) in [4.78, 5) is 28.9. The van der Waals surface area contributed by atoms with Gasteiger partial charge >= 0.3 is 0 Å². The van der Waals surface area contributed by atoms with Crippen molar-refractivity contribution in [2.24, 2.45) is 0 Å². The summed E-state index contributed by atoms with van der Waals surface area (Å²) in [7, 11) is 3.23. The summed E-state index contributed by atoms with van der Waals surface area (Å²) in [6.07, 6.45) is 5.18. The third-order valence-corrected chi connectivity index (χ3v) is 4.10. The van der Waals surface area contributed by atoms with E-state index in [9.17, 15) is 14.9 Å². The molecule has 128 valence electrons. The molecule has 0 saturated heterocycles. The number of rotatable bonds is 6. The van der Waals surface area contributed by atoms with Crippen LogP contribution in [0.3, 0.4) is 0 Å². The Labute approximate surface area is 141 Å². The van der Waals surface area contributed by atoms with Crippen molar-refractivity contribution in [1.29, 1.82) is 0 Å². The van der Waals surface area contributed by atoms with E-state index in [-0.39, 0.29) is 17.5 Å². The van der Waals surface area contributed by atoms with Crippen molar-refractivity contribution in [1.82, 2.24) is 14.5 Å². The summed E-state index contributed by atoms with van der Waals surface area (Å²) >= 11 is 0. The fraction of sp³-hybridized carbons (Fsp3) is 0.412. The zero-order chi connectivity index (χ0) is 17.9. The molecule has 1 aromatic carbocycles. The van der Waals surface area contributed by atoms with E-state index in [1.807, 2.05) is 0 Å². The summed E-state index contributed by atoms with van der Waals surface area (Å²) < 4.78 is 1.75. The zero-order valence-electron chi connectivity index (χ0n) is 14.4. The molecule has 2 rings (SSSR count). The molecule has 1 amide bonds. The summed E-state index contributed by atoms with van der Waals surface area (Å²) in [5, 5.41) is 11.5. The number of hydrogen-bond acceptors (Lipinski definition) is 4. The molecule has 7 nitrogen and oxygen atoms in total. The average Bonchev–Trinajstić information content (AvgIpc) is 3.04. The Morgan fingerprint density at radius 1 is 1.33 bits per heavy atom. The van der Waals surface area contributed by atoms with Crippen LogP contribution in [0.5, 0.6) is 0 Å². The predicted molar refractivity (Wildman–Crippen MR) is 91.6 cm³/mol. The molecule has 0 spiro atoms. The van der Waals surface area contributed by atoms with E-state index in [4.69, 9.17) is 0 Å². The lowest BCUT2D eigenvalue weighted by Gasteiger charge is -2.16. The second kappa shape index (κ2) is 7.25. The van der Waals surface area contributed by atoms with Crippen LogP contribution in [0.4, 0.5) is 5.69 Å². The summed E-state index contributed by atoms with van der Waals surface area (Å²) in [5.74, 6) is 0.757. The average molecular weight is 330 g/mol. The predicted octanol–water partition coefficient (Wildman–Crippen LogP) is 3.39.